The summed E-state index contributed by atoms with van der Waals surface area (Å²) >= 11 is 1.74. The van der Waals surface area contributed by atoms with Crippen LogP contribution >= 0.6 is 11.3 Å². The Hall–Kier alpha value is -1.09. The van der Waals surface area contributed by atoms with Crippen LogP contribution in [0, 0.1) is 12.3 Å². The van der Waals surface area contributed by atoms with Crippen LogP contribution < -0.4 is 5.32 Å². The van der Waals surface area contributed by atoms with Gasteiger partial charge in [-0.25, -0.2) is 4.98 Å². The number of thiazole rings is 1. The third-order valence-electron chi connectivity index (χ3n) is 3.22. The maximum atomic E-state index is 4.60. The molecule has 0 bridgehead atoms. The maximum absolute atomic E-state index is 4.60. The van der Waals surface area contributed by atoms with E-state index < -0.39 is 0 Å². The molecule has 0 unspecified atom stereocenters. The lowest BCUT2D eigenvalue weighted by molar-refractivity contribution is 0.377. The molecule has 1 aromatic carbocycles. The van der Waals surface area contributed by atoms with Crippen molar-refractivity contribution >= 4 is 26.7 Å². The van der Waals surface area contributed by atoms with Crippen molar-refractivity contribution in [2.45, 2.75) is 34.1 Å². The lowest BCUT2D eigenvalue weighted by atomic mass is 9.90. The molecule has 0 aliphatic rings. The molecule has 0 saturated carbocycles. The smallest absolute Gasteiger partial charge is 0.183 e. The monoisotopic (exact) mass is 248 g/mol. The Morgan fingerprint density at radius 2 is 2.12 bits per heavy atom. The third kappa shape index (κ3) is 2.97. The van der Waals surface area contributed by atoms with Crippen LogP contribution in [0.1, 0.15) is 32.8 Å². The Balaban J connectivity index is 2.15. The minimum atomic E-state index is 0.327. The van der Waals surface area contributed by atoms with E-state index in [2.05, 4.69) is 56.2 Å². The second-order valence-electron chi connectivity index (χ2n) is 5.36. The van der Waals surface area contributed by atoms with Crippen LogP contribution in [0.3, 0.4) is 0 Å². The second kappa shape index (κ2) is 4.65. The van der Waals surface area contributed by atoms with Crippen molar-refractivity contribution in [2.24, 2.45) is 5.41 Å². The Kier molecular flexibility index (Phi) is 3.38. The van der Waals surface area contributed by atoms with Crippen molar-refractivity contribution in [3.63, 3.8) is 0 Å². The zero-order valence-electron chi connectivity index (χ0n) is 11.0. The number of anilines is 1. The number of hydrogen-bond donors (Lipinski definition) is 1. The van der Waals surface area contributed by atoms with E-state index in [1.54, 1.807) is 11.3 Å². The number of aryl methyl sites for hydroxylation is 1. The number of aromatic nitrogens is 1. The van der Waals surface area contributed by atoms with Crippen molar-refractivity contribution in [1.82, 2.24) is 4.98 Å². The average molecular weight is 248 g/mol. The summed E-state index contributed by atoms with van der Waals surface area (Å²) in [5, 5.41) is 4.49. The van der Waals surface area contributed by atoms with Gasteiger partial charge in [-0.3, -0.25) is 0 Å². The van der Waals surface area contributed by atoms with Gasteiger partial charge < -0.3 is 5.32 Å². The van der Waals surface area contributed by atoms with Crippen LogP contribution in [0.4, 0.5) is 5.13 Å². The summed E-state index contributed by atoms with van der Waals surface area (Å²) in [5.74, 6) is 0. The highest BCUT2D eigenvalue weighted by atomic mass is 32.1. The Morgan fingerprint density at radius 3 is 2.82 bits per heavy atom. The minimum Gasteiger partial charge on any atom is -0.361 e. The molecule has 0 fully saturated rings. The molecular weight excluding hydrogens is 228 g/mol. The highest BCUT2D eigenvalue weighted by Crippen LogP contribution is 2.28. The van der Waals surface area contributed by atoms with Crippen LogP contribution in [0.15, 0.2) is 18.2 Å². The molecule has 0 aliphatic heterocycles. The first-order valence-electron chi connectivity index (χ1n) is 6.11. The molecule has 1 heterocycles. The van der Waals surface area contributed by atoms with Gasteiger partial charge in [-0.15, -0.1) is 0 Å². The molecule has 1 aromatic heterocycles. The van der Waals surface area contributed by atoms with E-state index in [-0.39, 0.29) is 0 Å². The van der Waals surface area contributed by atoms with Crippen molar-refractivity contribution in [3.05, 3.63) is 23.8 Å². The molecule has 0 radical (unpaired) electrons. The average Bonchev–Trinajstić information content (AvgIpc) is 2.68. The van der Waals surface area contributed by atoms with Crippen LogP contribution in [0.25, 0.3) is 10.2 Å². The number of hydrogen-bond acceptors (Lipinski definition) is 3. The van der Waals surface area contributed by atoms with E-state index in [1.807, 2.05) is 0 Å². The van der Waals surface area contributed by atoms with Gasteiger partial charge in [0.25, 0.3) is 0 Å². The standard InChI is InChI=1S/C14H20N2S/c1-5-14(3,4)9-15-13-16-11-7-6-10(2)8-12(11)17-13/h6-8H,5,9H2,1-4H3,(H,15,16). The second-order valence-corrected chi connectivity index (χ2v) is 6.39. The van der Waals surface area contributed by atoms with Gasteiger partial charge in [0, 0.05) is 6.54 Å². The first-order chi connectivity index (χ1) is 8.00. The number of nitrogens with one attached hydrogen (secondary N) is 1. The zero-order chi connectivity index (χ0) is 12.5. The van der Waals surface area contributed by atoms with E-state index in [0.717, 1.165) is 17.2 Å². The summed E-state index contributed by atoms with van der Waals surface area (Å²) in [6, 6.07) is 6.41. The molecule has 3 heteroatoms. The Morgan fingerprint density at radius 1 is 1.35 bits per heavy atom. The molecule has 2 nitrogen and oxygen atoms in total. The van der Waals surface area contributed by atoms with E-state index in [9.17, 15) is 0 Å². The molecule has 17 heavy (non-hydrogen) atoms. The van der Waals surface area contributed by atoms with Crippen molar-refractivity contribution < 1.29 is 0 Å². The Labute approximate surface area is 107 Å². The van der Waals surface area contributed by atoms with E-state index in [1.165, 1.54) is 16.7 Å². The SMILES string of the molecule is CCC(C)(C)CNc1nc2ccc(C)cc2s1. The summed E-state index contributed by atoms with van der Waals surface area (Å²) in [6.07, 6.45) is 1.17. The van der Waals surface area contributed by atoms with E-state index in [0.29, 0.717) is 5.41 Å². The van der Waals surface area contributed by atoms with Crippen LogP contribution in [0.5, 0.6) is 0 Å². The number of benzene rings is 1. The van der Waals surface area contributed by atoms with Gasteiger partial charge >= 0.3 is 0 Å². The molecule has 0 amide bonds. The first kappa shape index (κ1) is 12.4. The topological polar surface area (TPSA) is 24.9 Å². The van der Waals surface area contributed by atoms with Crippen LogP contribution in [-0.4, -0.2) is 11.5 Å². The predicted octanol–water partition coefficient (Wildman–Crippen LogP) is 4.45. The fraction of sp³-hybridized carbons (Fsp3) is 0.500. The summed E-state index contributed by atoms with van der Waals surface area (Å²) < 4.78 is 1.27. The quantitative estimate of drug-likeness (QED) is 0.864. The fourth-order valence-corrected chi connectivity index (χ4v) is 2.51. The largest absolute Gasteiger partial charge is 0.361 e. The molecule has 2 rings (SSSR count). The fourth-order valence-electron chi connectivity index (χ4n) is 1.55. The van der Waals surface area contributed by atoms with Crippen molar-refractivity contribution in [3.8, 4) is 0 Å². The highest BCUT2D eigenvalue weighted by Gasteiger charge is 2.15. The summed E-state index contributed by atoms with van der Waals surface area (Å²) in [6.45, 7) is 9.87. The number of fused-ring (bicyclic) bond motifs is 1. The van der Waals surface area contributed by atoms with Crippen molar-refractivity contribution in [1.29, 1.82) is 0 Å². The van der Waals surface area contributed by atoms with Gasteiger partial charge in [0.2, 0.25) is 0 Å². The summed E-state index contributed by atoms with van der Waals surface area (Å²) in [4.78, 5) is 4.60. The minimum absolute atomic E-state index is 0.327. The Bertz CT molecular complexity index is 514. The molecule has 2 aromatic rings. The van der Waals surface area contributed by atoms with E-state index in [4.69, 9.17) is 0 Å². The van der Waals surface area contributed by atoms with Gasteiger partial charge in [0.1, 0.15) is 0 Å². The van der Waals surface area contributed by atoms with Crippen LogP contribution in [-0.2, 0) is 0 Å². The van der Waals surface area contributed by atoms with Crippen molar-refractivity contribution in [2.75, 3.05) is 11.9 Å². The maximum Gasteiger partial charge on any atom is 0.183 e. The normalized spacial score (nSPS) is 12.0. The highest BCUT2D eigenvalue weighted by molar-refractivity contribution is 7.22. The summed E-state index contributed by atoms with van der Waals surface area (Å²) in [7, 11) is 0. The number of nitrogens with zero attached hydrogens (tertiary/aromatic N) is 1. The first-order valence-corrected chi connectivity index (χ1v) is 6.93. The number of rotatable bonds is 4. The van der Waals surface area contributed by atoms with Gasteiger partial charge in [-0.1, -0.05) is 38.2 Å². The molecule has 0 atom stereocenters. The summed E-state index contributed by atoms with van der Waals surface area (Å²) in [5.41, 5.74) is 2.72. The molecule has 1 N–H and O–H groups in total. The lowest BCUT2D eigenvalue weighted by Gasteiger charge is -2.22. The molecule has 0 aliphatic carbocycles. The molecule has 0 spiro atoms. The van der Waals surface area contributed by atoms with Gasteiger partial charge in [-0.05, 0) is 36.5 Å². The van der Waals surface area contributed by atoms with Gasteiger partial charge in [0.05, 0.1) is 10.2 Å². The van der Waals surface area contributed by atoms with Gasteiger partial charge in [0.15, 0.2) is 5.13 Å². The lowest BCUT2D eigenvalue weighted by Crippen LogP contribution is -2.21. The molecule has 92 valence electrons. The third-order valence-corrected chi connectivity index (χ3v) is 4.20. The zero-order valence-corrected chi connectivity index (χ0v) is 11.8. The predicted molar refractivity (Wildman–Crippen MR) is 76.9 cm³/mol. The molecular formula is C14H20N2S. The molecule has 0 saturated heterocycles. The van der Waals surface area contributed by atoms with Crippen LogP contribution in [0.2, 0.25) is 0 Å². The van der Waals surface area contributed by atoms with Gasteiger partial charge in [-0.2, -0.15) is 0 Å². The van der Waals surface area contributed by atoms with E-state index >= 15 is 0 Å².